The minimum atomic E-state index is -0.262. The molecule has 8 heteroatoms. The molecule has 1 unspecified atom stereocenters. The molecular formula is C18H25N5O3. The van der Waals surface area contributed by atoms with Crippen LogP contribution >= 0.6 is 0 Å². The lowest BCUT2D eigenvalue weighted by Gasteiger charge is -2.19. The first-order valence-electron chi connectivity index (χ1n) is 8.82. The summed E-state index contributed by atoms with van der Waals surface area (Å²) < 4.78 is 12.8. The fourth-order valence-electron chi connectivity index (χ4n) is 2.98. The topological polar surface area (TPSA) is 104 Å². The summed E-state index contributed by atoms with van der Waals surface area (Å²) >= 11 is 0. The molecule has 1 aliphatic heterocycles. The Labute approximate surface area is 152 Å². The van der Waals surface area contributed by atoms with Crippen LogP contribution in [0.25, 0.3) is 5.69 Å². The number of benzene rings is 1. The fourth-order valence-corrected chi connectivity index (χ4v) is 2.98. The summed E-state index contributed by atoms with van der Waals surface area (Å²) in [4.78, 5) is 12.6. The zero-order valence-electron chi connectivity index (χ0n) is 15.4. The standard InChI is InChI=1S/C18H25N5O3/c1-11(2)8-13(10-19)20-18(24)17-12(3)23(22-21-17)14-4-5-15-16(9-14)26-7-6-25-15/h4-5,9,11,13H,6-8,10,19H2,1-3H3,(H,20,24). The molecule has 0 saturated carbocycles. The molecule has 1 aromatic carbocycles. The monoisotopic (exact) mass is 359 g/mol. The van der Waals surface area contributed by atoms with Crippen molar-refractivity contribution in [3.8, 4) is 17.2 Å². The number of carbonyl (C=O) groups excluding carboxylic acids is 1. The molecule has 3 rings (SSSR count). The number of aromatic nitrogens is 3. The maximum Gasteiger partial charge on any atom is 0.274 e. The van der Waals surface area contributed by atoms with E-state index in [1.165, 1.54) is 0 Å². The van der Waals surface area contributed by atoms with Gasteiger partial charge < -0.3 is 20.5 Å². The average Bonchev–Trinajstić information content (AvgIpc) is 3.01. The SMILES string of the molecule is Cc1c(C(=O)NC(CN)CC(C)C)nnn1-c1ccc2c(c1)OCCO2. The van der Waals surface area contributed by atoms with Crippen molar-refractivity contribution in [1.29, 1.82) is 0 Å². The highest BCUT2D eigenvalue weighted by Gasteiger charge is 2.21. The lowest BCUT2D eigenvalue weighted by molar-refractivity contribution is 0.0928. The second-order valence-electron chi connectivity index (χ2n) is 6.80. The molecule has 140 valence electrons. The van der Waals surface area contributed by atoms with Crippen LogP contribution in [0.5, 0.6) is 11.5 Å². The van der Waals surface area contributed by atoms with Gasteiger partial charge in [0.25, 0.3) is 5.91 Å². The van der Waals surface area contributed by atoms with Crippen molar-refractivity contribution in [2.24, 2.45) is 11.7 Å². The Hall–Kier alpha value is -2.61. The van der Waals surface area contributed by atoms with Gasteiger partial charge in [-0.05, 0) is 31.4 Å². The summed E-state index contributed by atoms with van der Waals surface area (Å²) in [5.41, 5.74) is 7.47. The van der Waals surface area contributed by atoms with E-state index in [-0.39, 0.29) is 11.9 Å². The number of fused-ring (bicyclic) bond motifs is 1. The van der Waals surface area contributed by atoms with Crippen molar-refractivity contribution in [3.63, 3.8) is 0 Å². The van der Waals surface area contributed by atoms with E-state index in [2.05, 4.69) is 29.5 Å². The smallest absolute Gasteiger partial charge is 0.274 e. The minimum Gasteiger partial charge on any atom is -0.486 e. The maximum absolute atomic E-state index is 12.6. The quantitative estimate of drug-likeness (QED) is 0.809. The summed E-state index contributed by atoms with van der Waals surface area (Å²) in [6.07, 6.45) is 0.817. The second-order valence-corrected chi connectivity index (χ2v) is 6.80. The zero-order valence-corrected chi connectivity index (χ0v) is 15.4. The molecule has 1 amide bonds. The van der Waals surface area contributed by atoms with Crippen LogP contribution in [0.1, 0.15) is 36.5 Å². The summed E-state index contributed by atoms with van der Waals surface area (Å²) in [5.74, 6) is 1.55. The lowest BCUT2D eigenvalue weighted by atomic mass is 10.0. The number of nitrogens with two attached hydrogens (primary N) is 1. The summed E-state index contributed by atoms with van der Waals surface area (Å²) in [6.45, 7) is 7.44. The third kappa shape index (κ3) is 3.80. The normalized spacial score (nSPS) is 14.3. The number of amides is 1. The van der Waals surface area contributed by atoms with Gasteiger partial charge in [-0.15, -0.1) is 5.10 Å². The van der Waals surface area contributed by atoms with Crippen LogP contribution in [-0.2, 0) is 0 Å². The molecule has 8 nitrogen and oxygen atoms in total. The Morgan fingerprint density at radius 1 is 1.31 bits per heavy atom. The summed E-state index contributed by atoms with van der Waals surface area (Å²) in [7, 11) is 0. The van der Waals surface area contributed by atoms with Crippen molar-refractivity contribution >= 4 is 5.91 Å². The fraction of sp³-hybridized carbons (Fsp3) is 0.500. The molecule has 2 aromatic rings. The molecule has 1 atom stereocenters. The van der Waals surface area contributed by atoms with E-state index in [0.29, 0.717) is 48.6 Å². The van der Waals surface area contributed by atoms with Gasteiger partial charge in [-0.1, -0.05) is 19.1 Å². The second kappa shape index (κ2) is 7.74. The van der Waals surface area contributed by atoms with Crippen molar-refractivity contribution in [2.75, 3.05) is 19.8 Å². The zero-order chi connectivity index (χ0) is 18.7. The number of ether oxygens (including phenoxy) is 2. The first kappa shape index (κ1) is 18.2. The lowest BCUT2D eigenvalue weighted by Crippen LogP contribution is -2.41. The van der Waals surface area contributed by atoms with Gasteiger partial charge in [0.2, 0.25) is 0 Å². The minimum absolute atomic E-state index is 0.0821. The Morgan fingerprint density at radius 2 is 2.04 bits per heavy atom. The highest BCUT2D eigenvalue weighted by molar-refractivity contribution is 5.93. The Morgan fingerprint density at radius 3 is 2.73 bits per heavy atom. The molecule has 0 bridgehead atoms. The van der Waals surface area contributed by atoms with E-state index >= 15 is 0 Å². The largest absolute Gasteiger partial charge is 0.486 e. The van der Waals surface area contributed by atoms with Crippen molar-refractivity contribution in [1.82, 2.24) is 20.3 Å². The molecule has 0 aliphatic carbocycles. The Kier molecular flexibility index (Phi) is 5.41. The van der Waals surface area contributed by atoms with Gasteiger partial charge in [0, 0.05) is 18.7 Å². The number of nitrogens with zero attached hydrogens (tertiary/aromatic N) is 3. The molecule has 1 aliphatic rings. The van der Waals surface area contributed by atoms with E-state index in [1.807, 2.05) is 25.1 Å². The molecule has 0 fully saturated rings. The average molecular weight is 359 g/mol. The van der Waals surface area contributed by atoms with Gasteiger partial charge >= 0.3 is 0 Å². The summed E-state index contributed by atoms with van der Waals surface area (Å²) in [5, 5.41) is 11.1. The summed E-state index contributed by atoms with van der Waals surface area (Å²) in [6, 6.07) is 5.44. The van der Waals surface area contributed by atoms with Crippen LogP contribution in [0, 0.1) is 12.8 Å². The number of rotatable bonds is 6. The van der Waals surface area contributed by atoms with E-state index in [1.54, 1.807) is 4.68 Å². The van der Waals surface area contributed by atoms with Crippen LogP contribution in [0.2, 0.25) is 0 Å². The van der Waals surface area contributed by atoms with Crippen molar-refractivity contribution < 1.29 is 14.3 Å². The number of carbonyl (C=O) groups is 1. The predicted molar refractivity (Wildman–Crippen MR) is 96.8 cm³/mol. The highest BCUT2D eigenvalue weighted by atomic mass is 16.6. The third-order valence-electron chi connectivity index (χ3n) is 4.26. The molecule has 0 saturated heterocycles. The van der Waals surface area contributed by atoms with E-state index < -0.39 is 0 Å². The first-order chi connectivity index (χ1) is 12.5. The molecule has 1 aromatic heterocycles. The van der Waals surface area contributed by atoms with Gasteiger partial charge in [-0.2, -0.15) is 0 Å². The Bertz CT molecular complexity index is 787. The molecule has 26 heavy (non-hydrogen) atoms. The highest BCUT2D eigenvalue weighted by Crippen LogP contribution is 2.32. The maximum atomic E-state index is 12.6. The molecule has 0 spiro atoms. The van der Waals surface area contributed by atoms with E-state index in [9.17, 15) is 4.79 Å². The van der Waals surface area contributed by atoms with Crippen LogP contribution in [0.4, 0.5) is 0 Å². The first-order valence-corrected chi connectivity index (χ1v) is 8.82. The number of nitrogens with one attached hydrogen (secondary N) is 1. The number of hydrogen-bond donors (Lipinski definition) is 2. The van der Waals surface area contributed by atoms with Gasteiger partial charge in [0.05, 0.1) is 11.4 Å². The van der Waals surface area contributed by atoms with Crippen LogP contribution in [0.3, 0.4) is 0 Å². The van der Waals surface area contributed by atoms with Gasteiger partial charge in [0.1, 0.15) is 13.2 Å². The van der Waals surface area contributed by atoms with Gasteiger partial charge in [-0.3, -0.25) is 4.79 Å². The molecule has 2 heterocycles. The molecular weight excluding hydrogens is 334 g/mol. The van der Waals surface area contributed by atoms with Crippen molar-refractivity contribution in [3.05, 3.63) is 29.6 Å². The number of hydrogen-bond acceptors (Lipinski definition) is 6. The molecule has 3 N–H and O–H groups in total. The van der Waals surface area contributed by atoms with Crippen molar-refractivity contribution in [2.45, 2.75) is 33.2 Å². The predicted octanol–water partition coefficient (Wildman–Crippen LogP) is 1.45. The Balaban J connectivity index is 1.80. The van der Waals surface area contributed by atoms with Crippen LogP contribution < -0.4 is 20.5 Å². The van der Waals surface area contributed by atoms with E-state index in [4.69, 9.17) is 15.2 Å². The molecule has 0 radical (unpaired) electrons. The van der Waals surface area contributed by atoms with Crippen LogP contribution in [-0.4, -0.2) is 46.7 Å². The van der Waals surface area contributed by atoms with Gasteiger partial charge in [0.15, 0.2) is 17.2 Å². The third-order valence-corrected chi connectivity index (χ3v) is 4.26. The van der Waals surface area contributed by atoms with E-state index in [0.717, 1.165) is 12.1 Å². The van der Waals surface area contributed by atoms with Gasteiger partial charge in [-0.25, -0.2) is 4.68 Å². The van der Waals surface area contributed by atoms with Crippen LogP contribution in [0.15, 0.2) is 18.2 Å².